The van der Waals surface area contributed by atoms with Gasteiger partial charge in [0.15, 0.2) is 0 Å². The van der Waals surface area contributed by atoms with Crippen LogP contribution in [0, 0.1) is 5.41 Å². The SMILES string of the molecule is CC(=N)CCN=C(N)c1cc(CN)cc(C(F)(F)F)c1. The second-order valence-electron chi connectivity index (χ2n) is 4.42. The van der Waals surface area contributed by atoms with Gasteiger partial charge in [-0.2, -0.15) is 13.2 Å². The molecular weight excluding hydrogens is 269 g/mol. The molecule has 0 unspecified atom stereocenters. The van der Waals surface area contributed by atoms with Crippen molar-refractivity contribution < 1.29 is 13.2 Å². The smallest absolute Gasteiger partial charge is 0.384 e. The van der Waals surface area contributed by atoms with Crippen molar-refractivity contribution >= 4 is 11.5 Å². The molecule has 0 fully saturated rings. The van der Waals surface area contributed by atoms with Gasteiger partial charge in [0, 0.05) is 30.8 Å². The summed E-state index contributed by atoms with van der Waals surface area (Å²) in [6.07, 6.45) is -4.03. The number of benzene rings is 1. The van der Waals surface area contributed by atoms with Crippen LogP contribution in [0.1, 0.15) is 30.0 Å². The summed E-state index contributed by atoms with van der Waals surface area (Å²) in [6.45, 7) is 1.89. The van der Waals surface area contributed by atoms with E-state index in [-0.39, 0.29) is 24.5 Å². The van der Waals surface area contributed by atoms with Gasteiger partial charge < -0.3 is 16.9 Å². The van der Waals surface area contributed by atoms with E-state index in [1.54, 1.807) is 6.92 Å². The van der Waals surface area contributed by atoms with E-state index >= 15 is 0 Å². The van der Waals surface area contributed by atoms with Gasteiger partial charge in [-0.1, -0.05) is 0 Å². The van der Waals surface area contributed by atoms with E-state index in [0.29, 0.717) is 17.7 Å². The molecule has 5 N–H and O–H groups in total. The van der Waals surface area contributed by atoms with E-state index in [1.807, 2.05) is 0 Å². The lowest BCUT2D eigenvalue weighted by Gasteiger charge is -2.11. The van der Waals surface area contributed by atoms with Crippen molar-refractivity contribution in [1.82, 2.24) is 0 Å². The summed E-state index contributed by atoms with van der Waals surface area (Å²) in [4.78, 5) is 3.98. The van der Waals surface area contributed by atoms with Crippen LogP contribution in [-0.2, 0) is 12.7 Å². The van der Waals surface area contributed by atoms with E-state index in [9.17, 15) is 13.2 Å². The second kappa shape index (κ2) is 6.51. The zero-order chi connectivity index (χ0) is 15.3. The van der Waals surface area contributed by atoms with Gasteiger partial charge in [-0.25, -0.2) is 0 Å². The Balaban J connectivity index is 3.07. The molecule has 0 radical (unpaired) electrons. The summed E-state index contributed by atoms with van der Waals surface area (Å²) in [7, 11) is 0. The van der Waals surface area contributed by atoms with Crippen molar-refractivity contribution in [2.24, 2.45) is 16.5 Å². The van der Waals surface area contributed by atoms with Crippen molar-refractivity contribution in [3.8, 4) is 0 Å². The van der Waals surface area contributed by atoms with E-state index in [4.69, 9.17) is 16.9 Å². The summed E-state index contributed by atoms with van der Waals surface area (Å²) < 4.78 is 38.3. The number of alkyl halides is 3. The van der Waals surface area contributed by atoms with Crippen molar-refractivity contribution in [2.45, 2.75) is 26.1 Å². The van der Waals surface area contributed by atoms with Gasteiger partial charge in [0.05, 0.1) is 5.56 Å². The molecule has 0 bridgehead atoms. The molecule has 0 aromatic heterocycles. The van der Waals surface area contributed by atoms with Crippen LogP contribution < -0.4 is 11.5 Å². The number of aliphatic imine (C=N–C) groups is 1. The first-order chi connectivity index (χ1) is 9.24. The van der Waals surface area contributed by atoms with Gasteiger partial charge in [0.25, 0.3) is 0 Å². The van der Waals surface area contributed by atoms with Crippen molar-refractivity contribution in [2.75, 3.05) is 6.54 Å². The predicted octanol–water partition coefficient (Wildman–Crippen LogP) is 2.30. The third-order valence-corrected chi connectivity index (χ3v) is 2.62. The van der Waals surface area contributed by atoms with Crippen LogP contribution in [-0.4, -0.2) is 18.1 Å². The Labute approximate surface area is 115 Å². The quantitative estimate of drug-likeness (QED) is 0.573. The summed E-state index contributed by atoms with van der Waals surface area (Å²) in [5.41, 5.74) is 11.3. The highest BCUT2D eigenvalue weighted by molar-refractivity contribution is 5.98. The van der Waals surface area contributed by atoms with Crippen LogP contribution in [0.2, 0.25) is 0 Å². The maximum Gasteiger partial charge on any atom is 0.416 e. The molecule has 0 saturated heterocycles. The third-order valence-electron chi connectivity index (χ3n) is 2.62. The molecule has 0 aliphatic carbocycles. The Morgan fingerprint density at radius 1 is 1.30 bits per heavy atom. The Kier molecular flexibility index (Phi) is 5.26. The topological polar surface area (TPSA) is 88.2 Å². The molecule has 7 heteroatoms. The fourth-order valence-corrected chi connectivity index (χ4v) is 1.56. The molecule has 1 aromatic carbocycles. The van der Waals surface area contributed by atoms with Gasteiger partial charge in [0.2, 0.25) is 0 Å². The number of halogens is 3. The number of nitrogens with one attached hydrogen (secondary N) is 1. The highest BCUT2D eigenvalue weighted by atomic mass is 19.4. The van der Waals surface area contributed by atoms with Crippen LogP contribution in [0.3, 0.4) is 0 Å². The zero-order valence-electron chi connectivity index (χ0n) is 11.1. The minimum atomic E-state index is -4.45. The molecule has 4 nitrogen and oxygen atoms in total. The average molecular weight is 286 g/mol. The second-order valence-corrected chi connectivity index (χ2v) is 4.42. The van der Waals surface area contributed by atoms with Crippen LogP contribution in [0.5, 0.6) is 0 Å². The van der Waals surface area contributed by atoms with Gasteiger partial charge in [0.1, 0.15) is 5.84 Å². The zero-order valence-corrected chi connectivity index (χ0v) is 11.1. The summed E-state index contributed by atoms with van der Waals surface area (Å²) in [6, 6.07) is 3.44. The molecule has 0 atom stereocenters. The molecule has 20 heavy (non-hydrogen) atoms. The molecule has 0 aliphatic heterocycles. The molecule has 1 rings (SSSR count). The van der Waals surface area contributed by atoms with Crippen molar-refractivity contribution in [3.05, 3.63) is 34.9 Å². The van der Waals surface area contributed by atoms with E-state index < -0.39 is 11.7 Å². The van der Waals surface area contributed by atoms with Gasteiger partial charge >= 0.3 is 6.18 Å². The van der Waals surface area contributed by atoms with Gasteiger partial charge in [-0.3, -0.25) is 4.99 Å². The summed E-state index contributed by atoms with van der Waals surface area (Å²) >= 11 is 0. The van der Waals surface area contributed by atoms with Crippen LogP contribution >= 0.6 is 0 Å². The van der Waals surface area contributed by atoms with Crippen molar-refractivity contribution in [1.29, 1.82) is 5.41 Å². The van der Waals surface area contributed by atoms with E-state index in [2.05, 4.69) is 4.99 Å². The maximum absolute atomic E-state index is 12.8. The van der Waals surface area contributed by atoms with Gasteiger partial charge in [-0.05, 0) is 30.7 Å². The third kappa shape index (κ3) is 4.65. The van der Waals surface area contributed by atoms with Crippen LogP contribution in [0.4, 0.5) is 13.2 Å². The number of hydrogen-bond acceptors (Lipinski definition) is 3. The fourth-order valence-electron chi connectivity index (χ4n) is 1.56. The van der Waals surface area contributed by atoms with Gasteiger partial charge in [-0.15, -0.1) is 0 Å². The van der Waals surface area contributed by atoms with Crippen molar-refractivity contribution in [3.63, 3.8) is 0 Å². The molecule has 0 saturated carbocycles. The molecule has 0 aliphatic rings. The number of nitrogens with zero attached hydrogens (tertiary/aromatic N) is 1. The minimum absolute atomic E-state index is 0.0101. The lowest BCUT2D eigenvalue weighted by Crippen LogP contribution is -2.17. The highest BCUT2D eigenvalue weighted by Crippen LogP contribution is 2.30. The largest absolute Gasteiger partial charge is 0.416 e. The van der Waals surface area contributed by atoms with Crippen LogP contribution in [0.15, 0.2) is 23.2 Å². The molecule has 0 amide bonds. The lowest BCUT2D eigenvalue weighted by atomic mass is 10.0. The Hall–Kier alpha value is -1.89. The number of rotatable bonds is 5. The van der Waals surface area contributed by atoms with Crippen LogP contribution in [0.25, 0.3) is 0 Å². The monoisotopic (exact) mass is 286 g/mol. The number of nitrogens with two attached hydrogens (primary N) is 2. The molecule has 1 aromatic rings. The van der Waals surface area contributed by atoms with E-state index in [0.717, 1.165) is 12.1 Å². The fraction of sp³-hybridized carbons (Fsp3) is 0.385. The molecular formula is C13H17F3N4. The standard InChI is InChI=1S/C13H17F3N4/c1-8(18)2-3-20-12(19)10-4-9(7-17)5-11(6-10)13(14,15)16/h4-6,18H,2-3,7,17H2,1H3,(H2,19,20). The first-order valence-corrected chi connectivity index (χ1v) is 5.99. The van der Waals surface area contributed by atoms with E-state index in [1.165, 1.54) is 6.07 Å². The molecule has 110 valence electrons. The number of hydrogen-bond donors (Lipinski definition) is 3. The summed E-state index contributed by atoms with van der Waals surface area (Å²) in [5, 5.41) is 7.25. The average Bonchev–Trinajstić information content (AvgIpc) is 2.36. The predicted molar refractivity (Wildman–Crippen MR) is 72.9 cm³/mol. The summed E-state index contributed by atoms with van der Waals surface area (Å²) in [5.74, 6) is 0.0204. The lowest BCUT2D eigenvalue weighted by molar-refractivity contribution is -0.137. The first-order valence-electron chi connectivity index (χ1n) is 5.99. The Morgan fingerprint density at radius 2 is 1.95 bits per heavy atom. The maximum atomic E-state index is 12.8. The Morgan fingerprint density at radius 3 is 2.45 bits per heavy atom. The molecule has 0 heterocycles. The Bertz CT molecular complexity index is 521. The highest BCUT2D eigenvalue weighted by Gasteiger charge is 2.31. The number of amidine groups is 1. The normalized spacial score (nSPS) is 12.6. The molecule has 0 spiro atoms. The first kappa shape index (κ1) is 16.2. The minimum Gasteiger partial charge on any atom is -0.384 e.